The Balaban J connectivity index is 1.57. The van der Waals surface area contributed by atoms with Crippen LogP contribution in [0.1, 0.15) is 34.4 Å². The fourth-order valence-electron chi connectivity index (χ4n) is 4.39. The van der Waals surface area contributed by atoms with E-state index in [-0.39, 0.29) is 18.0 Å². The van der Waals surface area contributed by atoms with Gasteiger partial charge in [-0.2, -0.15) is 0 Å². The Labute approximate surface area is 190 Å². The number of benzene rings is 2. The molecule has 4 aromatic rings. The molecule has 0 bridgehead atoms. The fraction of sp³-hybridized carbons (Fsp3) is 0.269. The van der Waals surface area contributed by atoms with Crippen molar-refractivity contribution in [3.05, 3.63) is 86.5 Å². The monoisotopic (exact) mass is 443 g/mol. The van der Waals surface area contributed by atoms with Crippen LogP contribution in [0.15, 0.2) is 59.4 Å². The molecule has 2 aromatic carbocycles. The van der Waals surface area contributed by atoms with E-state index in [1.165, 1.54) is 4.88 Å². The molecule has 5 nitrogen and oxygen atoms in total. The topological polar surface area (TPSA) is 64.0 Å². The van der Waals surface area contributed by atoms with Crippen molar-refractivity contribution < 1.29 is 4.79 Å². The number of carbonyl (C=O) groups is 1. The van der Waals surface area contributed by atoms with E-state index in [9.17, 15) is 9.59 Å². The highest BCUT2D eigenvalue weighted by atomic mass is 32.1. The number of aromatic nitrogens is 2. The SMILES string of the molecule is Cc1cccc(-c2nc3sc4c(c3c(=O)n2CC(=O)NCc2ccccc2)CCCC4)c1. The predicted molar refractivity (Wildman–Crippen MR) is 129 cm³/mol. The van der Waals surface area contributed by atoms with Gasteiger partial charge in [-0.3, -0.25) is 14.2 Å². The van der Waals surface area contributed by atoms with Gasteiger partial charge in [-0.25, -0.2) is 4.98 Å². The van der Waals surface area contributed by atoms with Crippen LogP contribution in [0.5, 0.6) is 0 Å². The van der Waals surface area contributed by atoms with Crippen LogP contribution in [0.25, 0.3) is 21.6 Å². The quantitative estimate of drug-likeness (QED) is 0.489. The highest BCUT2D eigenvalue weighted by Gasteiger charge is 2.23. The van der Waals surface area contributed by atoms with E-state index in [0.29, 0.717) is 17.8 Å². The van der Waals surface area contributed by atoms with Crippen LogP contribution in [0.4, 0.5) is 0 Å². The molecule has 6 heteroatoms. The van der Waals surface area contributed by atoms with E-state index in [2.05, 4.69) is 5.32 Å². The summed E-state index contributed by atoms with van der Waals surface area (Å²) in [5, 5.41) is 3.65. The van der Waals surface area contributed by atoms with Crippen LogP contribution in [0.2, 0.25) is 0 Å². The van der Waals surface area contributed by atoms with Crippen LogP contribution in [0.3, 0.4) is 0 Å². The summed E-state index contributed by atoms with van der Waals surface area (Å²) in [6, 6.07) is 17.7. The molecule has 0 spiro atoms. The molecule has 1 aliphatic carbocycles. The summed E-state index contributed by atoms with van der Waals surface area (Å²) in [5.74, 6) is 0.356. The van der Waals surface area contributed by atoms with Gasteiger partial charge in [0.15, 0.2) is 0 Å². The molecule has 5 rings (SSSR count). The number of hydrogen-bond donors (Lipinski definition) is 1. The highest BCUT2D eigenvalue weighted by molar-refractivity contribution is 7.18. The zero-order valence-corrected chi connectivity index (χ0v) is 18.9. The molecule has 1 aliphatic rings. The first kappa shape index (κ1) is 20.6. The van der Waals surface area contributed by atoms with Crippen molar-refractivity contribution >= 4 is 27.5 Å². The molecule has 0 radical (unpaired) electrons. The van der Waals surface area contributed by atoms with E-state index in [4.69, 9.17) is 4.98 Å². The van der Waals surface area contributed by atoms with Crippen molar-refractivity contribution in [1.29, 1.82) is 0 Å². The van der Waals surface area contributed by atoms with Gasteiger partial charge >= 0.3 is 0 Å². The number of nitrogens with zero attached hydrogens (tertiary/aromatic N) is 2. The smallest absolute Gasteiger partial charge is 0.263 e. The second kappa shape index (κ2) is 8.71. The maximum atomic E-state index is 13.7. The van der Waals surface area contributed by atoms with Crippen molar-refractivity contribution in [2.75, 3.05) is 0 Å². The maximum absolute atomic E-state index is 13.7. The number of hydrogen-bond acceptors (Lipinski definition) is 4. The molecule has 162 valence electrons. The summed E-state index contributed by atoms with van der Waals surface area (Å²) in [5.41, 5.74) is 3.99. The van der Waals surface area contributed by atoms with Gasteiger partial charge in [0.1, 0.15) is 17.2 Å². The number of carbonyl (C=O) groups excluding carboxylic acids is 1. The highest BCUT2D eigenvalue weighted by Crippen LogP contribution is 2.34. The second-order valence-corrected chi connectivity index (χ2v) is 9.43. The Morgan fingerprint density at radius 2 is 1.91 bits per heavy atom. The number of thiophene rings is 1. The molecule has 2 heterocycles. The number of amides is 1. The fourth-order valence-corrected chi connectivity index (χ4v) is 5.64. The van der Waals surface area contributed by atoms with E-state index in [0.717, 1.165) is 52.8 Å². The standard InChI is InChI=1S/C26H25N3O2S/c1-17-8-7-11-19(14-17)24-28-25-23(20-12-5-6-13-21(20)32-25)26(31)29(24)16-22(30)27-15-18-9-3-2-4-10-18/h2-4,7-11,14H,5-6,12-13,15-16H2,1H3,(H,27,30). The van der Waals surface area contributed by atoms with Gasteiger partial charge in [-0.1, -0.05) is 54.1 Å². The van der Waals surface area contributed by atoms with Gasteiger partial charge in [0.05, 0.1) is 5.39 Å². The molecular weight excluding hydrogens is 418 g/mol. The van der Waals surface area contributed by atoms with Crippen LogP contribution in [-0.2, 0) is 30.7 Å². The van der Waals surface area contributed by atoms with Crippen molar-refractivity contribution in [2.24, 2.45) is 0 Å². The molecule has 0 fully saturated rings. The van der Waals surface area contributed by atoms with E-state index < -0.39 is 0 Å². The first-order valence-corrected chi connectivity index (χ1v) is 11.8. The number of aryl methyl sites for hydroxylation is 3. The molecular formula is C26H25N3O2S. The first-order chi connectivity index (χ1) is 15.6. The van der Waals surface area contributed by atoms with Gasteiger partial charge in [0.2, 0.25) is 5.91 Å². The van der Waals surface area contributed by atoms with Gasteiger partial charge in [0.25, 0.3) is 5.56 Å². The zero-order chi connectivity index (χ0) is 22.1. The van der Waals surface area contributed by atoms with Crippen LogP contribution in [0, 0.1) is 6.92 Å². The summed E-state index contributed by atoms with van der Waals surface area (Å²) in [6.07, 6.45) is 4.17. The number of rotatable bonds is 5. The summed E-state index contributed by atoms with van der Waals surface area (Å²) < 4.78 is 1.55. The Kier molecular flexibility index (Phi) is 5.62. The van der Waals surface area contributed by atoms with Crippen LogP contribution < -0.4 is 10.9 Å². The molecule has 0 saturated carbocycles. The Morgan fingerprint density at radius 3 is 2.72 bits per heavy atom. The molecule has 1 amide bonds. The van der Waals surface area contributed by atoms with Gasteiger partial charge < -0.3 is 5.32 Å². The third-order valence-electron chi connectivity index (χ3n) is 5.99. The Morgan fingerprint density at radius 1 is 1.09 bits per heavy atom. The minimum absolute atomic E-state index is 0.0531. The minimum Gasteiger partial charge on any atom is -0.350 e. The summed E-state index contributed by atoms with van der Waals surface area (Å²) in [7, 11) is 0. The molecule has 32 heavy (non-hydrogen) atoms. The average Bonchev–Trinajstić information content (AvgIpc) is 3.19. The lowest BCUT2D eigenvalue weighted by atomic mass is 9.97. The zero-order valence-electron chi connectivity index (χ0n) is 18.1. The summed E-state index contributed by atoms with van der Waals surface area (Å²) in [6.45, 7) is 2.39. The molecule has 0 aliphatic heterocycles. The molecule has 2 aromatic heterocycles. The largest absolute Gasteiger partial charge is 0.350 e. The van der Waals surface area contributed by atoms with Gasteiger partial charge in [-0.05, 0) is 49.8 Å². The van der Waals surface area contributed by atoms with E-state index in [1.807, 2.05) is 61.5 Å². The number of nitrogens with one attached hydrogen (secondary N) is 1. The molecule has 0 atom stereocenters. The van der Waals surface area contributed by atoms with E-state index >= 15 is 0 Å². The normalized spacial score (nSPS) is 13.2. The average molecular weight is 444 g/mol. The molecule has 0 saturated heterocycles. The molecule has 1 N–H and O–H groups in total. The third kappa shape index (κ3) is 3.98. The minimum atomic E-state index is -0.199. The Hall–Kier alpha value is -3.25. The van der Waals surface area contributed by atoms with E-state index in [1.54, 1.807) is 15.9 Å². The lowest BCUT2D eigenvalue weighted by molar-refractivity contribution is -0.121. The summed E-state index contributed by atoms with van der Waals surface area (Å²) >= 11 is 1.64. The number of fused-ring (bicyclic) bond motifs is 3. The van der Waals surface area contributed by atoms with Gasteiger partial charge in [0, 0.05) is 17.0 Å². The van der Waals surface area contributed by atoms with Crippen molar-refractivity contribution in [3.8, 4) is 11.4 Å². The first-order valence-electron chi connectivity index (χ1n) is 11.0. The predicted octanol–water partition coefficient (Wildman–Crippen LogP) is 4.63. The van der Waals surface area contributed by atoms with Crippen molar-refractivity contribution in [1.82, 2.24) is 14.9 Å². The van der Waals surface area contributed by atoms with Crippen molar-refractivity contribution in [3.63, 3.8) is 0 Å². The maximum Gasteiger partial charge on any atom is 0.263 e. The van der Waals surface area contributed by atoms with Crippen LogP contribution in [-0.4, -0.2) is 15.5 Å². The van der Waals surface area contributed by atoms with Crippen LogP contribution >= 0.6 is 11.3 Å². The summed E-state index contributed by atoms with van der Waals surface area (Å²) in [4.78, 5) is 33.5. The van der Waals surface area contributed by atoms with Crippen molar-refractivity contribution in [2.45, 2.75) is 45.7 Å². The Bertz CT molecular complexity index is 1360. The second-order valence-electron chi connectivity index (χ2n) is 8.35. The third-order valence-corrected chi connectivity index (χ3v) is 7.17. The lowest BCUT2D eigenvalue weighted by Crippen LogP contribution is -2.33. The van der Waals surface area contributed by atoms with Gasteiger partial charge in [-0.15, -0.1) is 11.3 Å². The lowest BCUT2D eigenvalue weighted by Gasteiger charge is -2.14. The molecule has 0 unspecified atom stereocenters.